The van der Waals surface area contributed by atoms with E-state index < -0.39 is 29.7 Å². The Morgan fingerprint density at radius 1 is 1.26 bits per heavy atom. The van der Waals surface area contributed by atoms with Gasteiger partial charge < -0.3 is 19.7 Å². The Balaban J connectivity index is 2.72. The van der Waals surface area contributed by atoms with Crippen LogP contribution >= 0.6 is 0 Å². The van der Waals surface area contributed by atoms with E-state index in [1.807, 2.05) is 0 Å². The van der Waals surface area contributed by atoms with Gasteiger partial charge in [0.25, 0.3) is 0 Å². The largest absolute Gasteiger partial charge is 0.464 e. The van der Waals surface area contributed by atoms with Crippen molar-refractivity contribution in [2.45, 2.75) is 70.6 Å². The topological polar surface area (TPSA) is 84.9 Å². The van der Waals surface area contributed by atoms with E-state index in [4.69, 9.17) is 9.47 Å². The molecule has 27 heavy (non-hydrogen) atoms. The number of hydrogen-bond donors (Lipinski definition) is 1. The first-order valence-corrected chi connectivity index (χ1v) is 9.38. The molecule has 0 bridgehead atoms. The number of nitrogens with zero attached hydrogens (tertiary/aromatic N) is 1. The van der Waals surface area contributed by atoms with Gasteiger partial charge in [0.15, 0.2) is 0 Å². The Labute approximate surface area is 161 Å². The van der Waals surface area contributed by atoms with Crippen LogP contribution in [0.5, 0.6) is 0 Å². The minimum Gasteiger partial charge on any atom is -0.464 e. The number of allylic oxidation sites excluding steroid dienone is 1. The molecule has 1 fully saturated rings. The lowest BCUT2D eigenvalue weighted by molar-refractivity contribution is -0.154. The van der Waals surface area contributed by atoms with Crippen LogP contribution in [-0.4, -0.2) is 53.7 Å². The molecule has 0 aliphatic carbocycles. The normalized spacial score (nSPS) is 17.7. The minimum absolute atomic E-state index is 0.246. The van der Waals surface area contributed by atoms with Gasteiger partial charge in [0, 0.05) is 6.54 Å². The van der Waals surface area contributed by atoms with Crippen LogP contribution in [0.1, 0.15) is 52.9 Å². The van der Waals surface area contributed by atoms with Crippen molar-refractivity contribution in [1.29, 1.82) is 0 Å². The molecular formula is C20H32N2O5. The van der Waals surface area contributed by atoms with Crippen LogP contribution in [-0.2, 0) is 19.1 Å². The third-order valence-corrected chi connectivity index (χ3v) is 4.00. The van der Waals surface area contributed by atoms with Gasteiger partial charge in [-0.05, 0) is 52.9 Å². The number of esters is 1. The number of likely N-dealkylation sites (tertiary alicyclic amines) is 1. The van der Waals surface area contributed by atoms with E-state index in [1.54, 1.807) is 32.9 Å². The molecule has 1 aliphatic rings. The number of alkyl carbamates (subject to hydrolysis) is 1. The highest BCUT2D eigenvalue weighted by Gasteiger charge is 2.38. The highest BCUT2D eigenvalue weighted by Crippen LogP contribution is 2.21. The van der Waals surface area contributed by atoms with Crippen LogP contribution < -0.4 is 5.32 Å². The molecule has 1 saturated heterocycles. The van der Waals surface area contributed by atoms with Crippen LogP contribution in [0.3, 0.4) is 0 Å². The number of amides is 2. The van der Waals surface area contributed by atoms with Gasteiger partial charge in [0.2, 0.25) is 5.91 Å². The monoisotopic (exact) mass is 380 g/mol. The number of hydrogen-bond acceptors (Lipinski definition) is 5. The lowest BCUT2D eigenvalue weighted by atomic mass is 10.1. The third kappa shape index (κ3) is 7.85. The smallest absolute Gasteiger partial charge is 0.408 e. The maximum Gasteiger partial charge on any atom is 0.408 e. The molecule has 1 N–H and O–H groups in total. The van der Waals surface area contributed by atoms with Crippen molar-refractivity contribution >= 4 is 18.0 Å². The summed E-state index contributed by atoms with van der Waals surface area (Å²) in [6.07, 6.45) is 5.63. The summed E-state index contributed by atoms with van der Waals surface area (Å²) in [7, 11) is 0. The van der Waals surface area contributed by atoms with Gasteiger partial charge in [0.1, 0.15) is 17.7 Å². The van der Waals surface area contributed by atoms with E-state index in [0.717, 1.165) is 6.42 Å². The molecule has 1 rings (SSSR count). The van der Waals surface area contributed by atoms with Crippen molar-refractivity contribution < 1.29 is 23.9 Å². The van der Waals surface area contributed by atoms with Gasteiger partial charge in [-0.25, -0.2) is 9.59 Å². The zero-order valence-electron chi connectivity index (χ0n) is 16.7. The third-order valence-electron chi connectivity index (χ3n) is 4.00. The number of nitrogens with one attached hydrogen (secondary N) is 1. The first kappa shape index (κ1) is 22.7. The van der Waals surface area contributed by atoms with Gasteiger partial charge >= 0.3 is 12.1 Å². The SMILES string of the molecule is C=CCCCOC(=O)C1CCCN1C(=O)C(CC=C)NC(=O)OC(C)(C)C. The molecule has 0 saturated carbocycles. The van der Waals surface area contributed by atoms with Gasteiger partial charge in [-0.15, -0.1) is 13.2 Å². The van der Waals surface area contributed by atoms with E-state index in [-0.39, 0.29) is 12.3 Å². The van der Waals surface area contributed by atoms with Crippen molar-refractivity contribution in [2.75, 3.05) is 13.2 Å². The average molecular weight is 380 g/mol. The van der Waals surface area contributed by atoms with Crippen LogP contribution in [0.25, 0.3) is 0 Å². The second kappa shape index (κ2) is 10.7. The first-order chi connectivity index (χ1) is 12.7. The quantitative estimate of drug-likeness (QED) is 0.378. The van der Waals surface area contributed by atoms with Gasteiger partial charge in [0.05, 0.1) is 6.61 Å². The molecule has 2 amide bonds. The van der Waals surface area contributed by atoms with Crippen molar-refractivity contribution in [3.05, 3.63) is 25.3 Å². The summed E-state index contributed by atoms with van der Waals surface area (Å²) >= 11 is 0. The molecule has 2 unspecified atom stereocenters. The number of ether oxygens (including phenoxy) is 2. The molecule has 152 valence electrons. The van der Waals surface area contributed by atoms with Gasteiger partial charge in [-0.2, -0.15) is 0 Å². The Bertz CT molecular complexity index is 553. The summed E-state index contributed by atoms with van der Waals surface area (Å²) in [5.74, 6) is -0.731. The average Bonchev–Trinajstić information content (AvgIpc) is 3.05. The zero-order valence-corrected chi connectivity index (χ0v) is 16.7. The van der Waals surface area contributed by atoms with E-state index in [1.165, 1.54) is 4.90 Å². The fraction of sp³-hybridized carbons (Fsp3) is 0.650. The highest BCUT2D eigenvalue weighted by atomic mass is 16.6. The number of rotatable bonds is 9. The van der Waals surface area contributed by atoms with Crippen molar-refractivity contribution in [1.82, 2.24) is 10.2 Å². The highest BCUT2D eigenvalue weighted by molar-refractivity contribution is 5.90. The summed E-state index contributed by atoms with van der Waals surface area (Å²) in [6, 6.07) is -1.44. The summed E-state index contributed by atoms with van der Waals surface area (Å²) < 4.78 is 10.5. The molecule has 0 aromatic carbocycles. The fourth-order valence-electron chi connectivity index (χ4n) is 2.81. The molecular weight excluding hydrogens is 348 g/mol. The van der Waals surface area contributed by atoms with Crippen LogP contribution in [0, 0.1) is 0 Å². The summed E-state index contributed by atoms with van der Waals surface area (Å²) in [6.45, 7) is 13.3. The molecule has 2 atom stereocenters. The maximum atomic E-state index is 12.9. The Hall–Kier alpha value is -2.31. The Kier molecular flexibility index (Phi) is 9.05. The molecule has 0 aromatic rings. The Morgan fingerprint density at radius 2 is 1.96 bits per heavy atom. The van der Waals surface area contributed by atoms with Gasteiger partial charge in [-0.1, -0.05) is 12.2 Å². The molecule has 0 radical (unpaired) electrons. The van der Waals surface area contributed by atoms with Crippen LogP contribution in [0.15, 0.2) is 25.3 Å². The Morgan fingerprint density at radius 3 is 2.56 bits per heavy atom. The molecule has 0 aromatic heterocycles. The summed E-state index contributed by atoms with van der Waals surface area (Å²) in [5, 5.41) is 2.58. The first-order valence-electron chi connectivity index (χ1n) is 9.38. The van der Waals surface area contributed by atoms with E-state index in [0.29, 0.717) is 32.4 Å². The van der Waals surface area contributed by atoms with E-state index >= 15 is 0 Å². The summed E-state index contributed by atoms with van der Waals surface area (Å²) in [5.41, 5.74) is -0.669. The zero-order chi connectivity index (χ0) is 20.4. The predicted octanol–water partition coefficient (Wildman–Crippen LogP) is 2.96. The molecule has 1 heterocycles. The van der Waals surface area contributed by atoms with Crippen LogP contribution in [0.4, 0.5) is 4.79 Å². The minimum atomic E-state index is -0.827. The predicted molar refractivity (Wildman–Crippen MR) is 103 cm³/mol. The summed E-state index contributed by atoms with van der Waals surface area (Å²) in [4.78, 5) is 38.8. The standard InChI is InChI=1S/C20H32N2O5/c1-6-8-9-14-26-18(24)16-12-10-13-22(16)17(23)15(11-7-2)21-19(25)27-20(3,4)5/h6-7,15-16H,1-2,8-14H2,3-5H3,(H,21,25). The van der Waals surface area contributed by atoms with Crippen LogP contribution in [0.2, 0.25) is 0 Å². The molecule has 7 heteroatoms. The number of unbranched alkanes of at least 4 members (excludes halogenated alkanes) is 1. The second-order valence-electron chi connectivity index (χ2n) is 7.51. The lowest BCUT2D eigenvalue weighted by Gasteiger charge is -2.28. The van der Waals surface area contributed by atoms with E-state index in [9.17, 15) is 14.4 Å². The van der Waals surface area contributed by atoms with Crippen molar-refractivity contribution in [3.8, 4) is 0 Å². The molecule has 1 aliphatic heterocycles. The number of carbonyl (C=O) groups excluding carboxylic acids is 3. The van der Waals surface area contributed by atoms with Crippen molar-refractivity contribution in [2.24, 2.45) is 0 Å². The fourth-order valence-corrected chi connectivity index (χ4v) is 2.81. The van der Waals surface area contributed by atoms with Gasteiger partial charge in [-0.3, -0.25) is 4.79 Å². The molecule has 0 spiro atoms. The second-order valence-corrected chi connectivity index (χ2v) is 7.51. The maximum absolute atomic E-state index is 12.9. The lowest BCUT2D eigenvalue weighted by Crippen LogP contribution is -2.52. The van der Waals surface area contributed by atoms with E-state index in [2.05, 4.69) is 18.5 Å². The number of carbonyl (C=O) groups is 3. The molecule has 7 nitrogen and oxygen atoms in total. The van der Waals surface area contributed by atoms with Crippen molar-refractivity contribution in [3.63, 3.8) is 0 Å².